The topological polar surface area (TPSA) is 74.6 Å². The molecule has 130 valence electrons. The molecule has 2 heterocycles. The lowest BCUT2D eigenvalue weighted by Crippen LogP contribution is -2.26. The lowest BCUT2D eigenvalue weighted by atomic mass is 10.2. The van der Waals surface area contributed by atoms with Crippen molar-refractivity contribution in [3.63, 3.8) is 0 Å². The first kappa shape index (κ1) is 16.5. The number of carbonyl (C=O) groups excluding carboxylic acids is 1. The van der Waals surface area contributed by atoms with Crippen molar-refractivity contribution in [2.75, 3.05) is 18.7 Å². The molecule has 2 aliphatic rings. The highest BCUT2D eigenvalue weighted by Gasteiger charge is 2.23. The van der Waals surface area contributed by atoms with Crippen LogP contribution in [0.1, 0.15) is 11.1 Å². The zero-order chi connectivity index (χ0) is 18.1. The molecule has 0 unspecified atom stereocenters. The number of rotatable bonds is 4. The SMILES string of the molecule is N#Cc1cccc(Br)c1NC1=CC(=O)N(Cc2ccc3c(c2)OCO3)C1. The quantitative estimate of drug-likeness (QED) is 0.834. The second-order valence-corrected chi connectivity index (χ2v) is 6.81. The van der Waals surface area contributed by atoms with Crippen molar-refractivity contribution >= 4 is 27.5 Å². The summed E-state index contributed by atoms with van der Waals surface area (Å²) in [6.07, 6.45) is 1.56. The molecule has 0 fully saturated rings. The first-order chi connectivity index (χ1) is 12.6. The molecule has 2 aromatic rings. The zero-order valence-electron chi connectivity index (χ0n) is 13.7. The number of halogens is 1. The molecule has 2 aliphatic heterocycles. The summed E-state index contributed by atoms with van der Waals surface area (Å²) in [4.78, 5) is 14.1. The van der Waals surface area contributed by atoms with E-state index in [9.17, 15) is 10.1 Å². The van der Waals surface area contributed by atoms with E-state index in [1.807, 2.05) is 24.3 Å². The number of carbonyl (C=O) groups is 1. The third-order valence-electron chi connectivity index (χ3n) is 4.20. The number of amides is 1. The van der Waals surface area contributed by atoms with Crippen LogP contribution in [0.4, 0.5) is 5.69 Å². The van der Waals surface area contributed by atoms with Crippen LogP contribution in [-0.2, 0) is 11.3 Å². The molecule has 4 rings (SSSR count). The highest BCUT2D eigenvalue weighted by atomic mass is 79.9. The van der Waals surface area contributed by atoms with Gasteiger partial charge in [-0.1, -0.05) is 12.1 Å². The number of nitrogens with zero attached hydrogens (tertiary/aromatic N) is 2. The van der Waals surface area contributed by atoms with E-state index < -0.39 is 0 Å². The Bertz CT molecular complexity index is 965. The molecule has 0 bridgehead atoms. The fourth-order valence-electron chi connectivity index (χ4n) is 2.94. The van der Waals surface area contributed by atoms with Crippen molar-refractivity contribution in [1.29, 1.82) is 5.26 Å². The van der Waals surface area contributed by atoms with Gasteiger partial charge in [0, 0.05) is 22.8 Å². The van der Waals surface area contributed by atoms with Gasteiger partial charge in [0.2, 0.25) is 12.7 Å². The Morgan fingerprint density at radius 3 is 2.92 bits per heavy atom. The number of nitriles is 1. The fraction of sp³-hybridized carbons (Fsp3) is 0.158. The summed E-state index contributed by atoms with van der Waals surface area (Å²) in [6, 6.07) is 13.2. The number of fused-ring (bicyclic) bond motifs is 1. The molecular formula is C19H14BrN3O3. The normalized spacial score (nSPS) is 15.0. The van der Waals surface area contributed by atoms with Crippen molar-refractivity contribution in [3.8, 4) is 17.6 Å². The molecule has 1 amide bonds. The van der Waals surface area contributed by atoms with Crippen molar-refractivity contribution in [3.05, 3.63) is 63.8 Å². The molecule has 0 saturated heterocycles. The third kappa shape index (κ3) is 3.11. The fourth-order valence-corrected chi connectivity index (χ4v) is 3.41. The molecule has 2 aromatic carbocycles. The van der Waals surface area contributed by atoms with Gasteiger partial charge >= 0.3 is 0 Å². The number of anilines is 1. The van der Waals surface area contributed by atoms with Gasteiger partial charge in [-0.05, 0) is 45.8 Å². The van der Waals surface area contributed by atoms with Crippen LogP contribution in [0.25, 0.3) is 0 Å². The van der Waals surface area contributed by atoms with E-state index in [0.29, 0.717) is 30.1 Å². The summed E-state index contributed by atoms with van der Waals surface area (Å²) in [5.74, 6) is 1.35. The van der Waals surface area contributed by atoms with Crippen LogP contribution in [0.5, 0.6) is 11.5 Å². The van der Waals surface area contributed by atoms with Crippen LogP contribution >= 0.6 is 15.9 Å². The second kappa shape index (κ2) is 6.73. The van der Waals surface area contributed by atoms with Gasteiger partial charge in [-0.2, -0.15) is 5.26 Å². The maximum atomic E-state index is 12.3. The number of nitrogens with one attached hydrogen (secondary N) is 1. The smallest absolute Gasteiger partial charge is 0.249 e. The van der Waals surface area contributed by atoms with Crippen LogP contribution in [-0.4, -0.2) is 24.1 Å². The highest BCUT2D eigenvalue weighted by Crippen LogP contribution is 2.33. The first-order valence-corrected chi connectivity index (χ1v) is 8.77. The lowest BCUT2D eigenvalue weighted by Gasteiger charge is -2.18. The number of ether oxygens (including phenoxy) is 2. The van der Waals surface area contributed by atoms with Gasteiger partial charge in [-0.25, -0.2) is 0 Å². The van der Waals surface area contributed by atoms with Crippen LogP contribution in [0, 0.1) is 11.3 Å². The summed E-state index contributed by atoms with van der Waals surface area (Å²) in [7, 11) is 0. The minimum absolute atomic E-state index is 0.0734. The molecule has 0 aliphatic carbocycles. The van der Waals surface area contributed by atoms with Crippen LogP contribution < -0.4 is 14.8 Å². The summed E-state index contributed by atoms with van der Waals surface area (Å²) in [6.45, 7) is 1.14. The molecule has 1 N–H and O–H groups in total. The number of para-hydroxylation sites is 1. The van der Waals surface area contributed by atoms with E-state index in [1.54, 1.807) is 23.1 Å². The molecule has 26 heavy (non-hydrogen) atoms. The van der Waals surface area contributed by atoms with E-state index >= 15 is 0 Å². The Hall–Kier alpha value is -2.98. The van der Waals surface area contributed by atoms with E-state index in [2.05, 4.69) is 27.3 Å². The van der Waals surface area contributed by atoms with Gasteiger partial charge in [0.15, 0.2) is 11.5 Å². The Morgan fingerprint density at radius 2 is 2.08 bits per heavy atom. The van der Waals surface area contributed by atoms with Gasteiger partial charge in [0.25, 0.3) is 0 Å². The van der Waals surface area contributed by atoms with E-state index in [4.69, 9.17) is 9.47 Å². The summed E-state index contributed by atoms with van der Waals surface area (Å²) in [5, 5.41) is 12.5. The molecule has 0 radical (unpaired) electrons. The van der Waals surface area contributed by atoms with Crippen LogP contribution in [0.3, 0.4) is 0 Å². The maximum Gasteiger partial charge on any atom is 0.249 e. The third-order valence-corrected chi connectivity index (χ3v) is 4.86. The summed E-state index contributed by atoms with van der Waals surface area (Å²) in [5.41, 5.74) is 2.90. The molecule has 6 nitrogen and oxygen atoms in total. The van der Waals surface area contributed by atoms with Gasteiger partial charge in [-0.15, -0.1) is 0 Å². The monoisotopic (exact) mass is 411 g/mol. The highest BCUT2D eigenvalue weighted by molar-refractivity contribution is 9.10. The lowest BCUT2D eigenvalue weighted by molar-refractivity contribution is -0.125. The van der Waals surface area contributed by atoms with E-state index in [-0.39, 0.29) is 12.7 Å². The molecular weight excluding hydrogens is 398 g/mol. The average molecular weight is 412 g/mol. The maximum absolute atomic E-state index is 12.3. The largest absolute Gasteiger partial charge is 0.454 e. The van der Waals surface area contributed by atoms with Crippen molar-refractivity contribution in [1.82, 2.24) is 4.90 Å². The minimum Gasteiger partial charge on any atom is -0.454 e. The van der Waals surface area contributed by atoms with Crippen LogP contribution in [0.2, 0.25) is 0 Å². The summed E-state index contributed by atoms with van der Waals surface area (Å²) >= 11 is 3.44. The molecule has 0 spiro atoms. The first-order valence-electron chi connectivity index (χ1n) is 7.97. The van der Waals surface area contributed by atoms with Crippen molar-refractivity contribution in [2.45, 2.75) is 6.54 Å². The number of hydrogen-bond donors (Lipinski definition) is 1. The predicted octanol–water partition coefficient (Wildman–Crippen LogP) is 3.39. The minimum atomic E-state index is -0.0734. The summed E-state index contributed by atoms with van der Waals surface area (Å²) < 4.78 is 11.5. The van der Waals surface area contributed by atoms with Gasteiger partial charge in [0.1, 0.15) is 6.07 Å². The van der Waals surface area contributed by atoms with Gasteiger partial charge < -0.3 is 19.7 Å². The second-order valence-electron chi connectivity index (χ2n) is 5.95. The molecule has 0 aromatic heterocycles. The van der Waals surface area contributed by atoms with Crippen LogP contribution in [0.15, 0.2) is 52.6 Å². The molecule has 0 atom stereocenters. The Kier molecular flexibility index (Phi) is 4.27. The predicted molar refractivity (Wildman–Crippen MR) is 98.5 cm³/mol. The van der Waals surface area contributed by atoms with Gasteiger partial charge in [-0.3, -0.25) is 4.79 Å². The van der Waals surface area contributed by atoms with Crippen molar-refractivity contribution < 1.29 is 14.3 Å². The molecule has 7 heteroatoms. The number of benzene rings is 2. The Labute approximate surface area is 158 Å². The van der Waals surface area contributed by atoms with Gasteiger partial charge in [0.05, 0.1) is 17.8 Å². The zero-order valence-corrected chi connectivity index (χ0v) is 15.2. The van der Waals surface area contributed by atoms with Crippen molar-refractivity contribution in [2.24, 2.45) is 0 Å². The van der Waals surface area contributed by atoms with E-state index in [0.717, 1.165) is 21.5 Å². The molecule has 0 saturated carbocycles. The standard InChI is InChI=1S/C19H14BrN3O3/c20-15-3-1-2-13(8-21)19(15)22-14-7-18(24)23(10-14)9-12-4-5-16-17(6-12)26-11-25-16/h1-7,22H,9-11H2. The average Bonchev–Trinajstić information content (AvgIpc) is 3.23. The number of hydrogen-bond acceptors (Lipinski definition) is 5. The Balaban J connectivity index is 1.47. The van der Waals surface area contributed by atoms with E-state index in [1.165, 1.54) is 0 Å². The Morgan fingerprint density at radius 1 is 1.23 bits per heavy atom.